The van der Waals surface area contributed by atoms with Crippen molar-refractivity contribution in [2.24, 2.45) is 5.92 Å². The van der Waals surface area contributed by atoms with Crippen LogP contribution in [-0.4, -0.2) is 46.2 Å². The fraction of sp³-hybridized carbons (Fsp3) is 0.667. The first-order chi connectivity index (χ1) is 8.04. The number of hydrogen-bond donors (Lipinski definition) is 2. The van der Waals surface area contributed by atoms with Gasteiger partial charge in [-0.3, -0.25) is 4.79 Å². The van der Waals surface area contributed by atoms with Gasteiger partial charge in [-0.15, -0.1) is 0 Å². The van der Waals surface area contributed by atoms with Gasteiger partial charge in [-0.2, -0.15) is 0 Å². The summed E-state index contributed by atoms with van der Waals surface area (Å²) in [6.45, 7) is 3.04. The van der Waals surface area contributed by atoms with E-state index in [2.05, 4.69) is 0 Å². The Morgan fingerprint density at radius 1 is 1.41 bits per heavy atom. The Hall–Kier alpha value is -1.36. The standard InChI is InChI=1S/C12H19NO4/c1-2-3-9-8-13(7-6-10(9)14)11(15)4-5-12(16)17/h4-5,9-10,14H,2-3,6-8H2,1H3,(H,16,17)/b5-4+. The van der Waals surface area contributed by atoms with Crippen LogP contribution in [0.4, 0.5) is 0 Å². The zero-order valence-corrected chi connectivity index (χ0v) is 10.0. The number of aliphatic hydroxyl groups excluding tert-OH is 1. The van der Waals surface area contributed by atoms with E-state index >= 15 is 0 Å². The van der Waals surface area contributed by atoms with Crippen LogP contribution < -0.4 is 0 Å². The molecular formula is C12H19NO4. The van der Waals surface area contributed by atoms with Crippen molar-refractivity contribution in [2.75, 3.05) is 13.1 Å². The second-order valence-corrected chi connectivity index (χ2v) is 4.36. The zero-order chi connectivity index (χ0) is 12.8. The predicted octanol–water partition coefficient (Wildman–Crippen LogP) is 0.637. The largest absolute Gasteiger partial charge is 0.478 e. The maximum absolute atomic E-state index is 11.7. The molecule has 2 N–H and O–H groups in total. The SMILES string of the molecule is CCCC1CN(C(=O)/C=C/C(=O)O)CCC1O. The van der Waals surface area contributed by atoms with Crippen molar-refractivity contribution in [1.29, 1.82) is 0 Å². The Balaban J connectivity index is 2.55. The monoisotopic (exact) mass is 241 g/mol. The van der Waals surface area contributed by atoms with E-state index in [0.717, 1.165) is 25.0 Å². The van der Waals surface area contributed by atoms with Crippen LogP contribution in [0.2, 0.25) is 0 Å². The van der Waals surface area contributed by atoms with Gasteiger partial charge in [0.05, 0.1) is 6.10 Å². The molecule has 0 aromatic heterocycles. The quantitative estimate of drug-likeness (QED) is 0.708. The summed E-state index contributed by atoms with van der Waals surface area (Å²) in [6.07, 6.45) is 3.99. The van der Waals surface area contributed by atoms with E-state index in [1.807, 2.05) is 6.92 Å². The van der Waals surface area contributed by atoms with Crippen molar-refractivity contribution in [3.63, 3.8) is 0 Å². The van der Waals surface area contributed by atoms with Crippen LogP contribution >= 0.6 is 0 Å². The van der Waals surface area contributed by atoms with E-state index in [0.29, 0.717) is 19.5 Å². The fourth-order valence-electron chi connectivity index (χ4n) is 2.12. The summed E-state index contributed by atoms with van der Waals surface area (Å²) < 4.78 is 0. The molecule has 0 radical (unpaired) electrons. The number of carbonyl (C=O) groups is 2. The van der Waals surface area contributed by atoms with Gasteiger partial charge in [-0.1, -0.05) is 13.3 Å². The van der Waals surface area contributed by atoms with E-state index in [1.54, 1.807) is 4.90 Å². The molecule has 0 saturated carbocycles. The highest BCUT2D eigenvalue weighted by molar-refractivity contribution is 5.93. The molecule has 1 amide bonds. The lowest BCUT2D eigenvalue weighted by Crippen LogP contribution is -2.45. The second kappa shape index (κ2) is 6.39. The molecule has 1 rings (SSSR count). The van der Waals surface area contributed by atoms with Gasteiger partial charge in [0.15, 0.2) is 0 Å². The fourth-order valence-corrected chi connectivity index (χ4v) is 2.12. The Morgan fingerprint density at radius 2 is 2.12 bits per heavy atom. The third kappa shape index (κ3) is 4.19. The average molecular weight is 241 g/mol. The predicted molar refractivity (Wildman–Crippen MR) is 62.4 cm³/mol. The molecule has 0 aliphatic carbocycles. The number of aliphatic hydroxyl groups is 1. The van der Waals surface area contributed by atoms with Crippen LogP contribution in [-0.2, 0) is 9.59 Å². The van der Waals surface area contributed by atoms with Gasteiger partial charge in [-0.05, 0) is 12.8 Å². The number of piperidine rings is 1. The van der Waals surface area contributed by atoms with E-state index in [4.69, 9.17) is 5.11 Å². The van der Waals surface area contributed by atoms with Gasteiger partial charge in [0, 0.05) is 31.2 Å². The summed E-state index contributed by atoms with van der Waals surface area (Å²) >= 11 is 0. The van der Waals surface area contributed by atoms with E-state index in [1.165, 1.54) is 0 Å². The molecule has 0 aromatic rings. The summed E-state index contributed by atoms with van der Waals surface area (Å²) in [4.78, 5) is 23.6. The highest BCUT2D eigenvalue weighted by Gasteiger charge is 2.28. The van der Waals surface area contributed by atoms with Crippen molar-refractivity contribution in [1.82, 2.24) is 4.90 Å². The Kier molecular flexibility index (Phi) is 5.15. The normalized spacial score (nSPS) is 25.2. The molecule has 5 nitrogen and oxygen atoms in total. The minimum Gasteiger partial charge on any atom is -0.478 e. The van der Waals surface area contributed by atoms with Crippen LogP contribution in [0.5, 0.6) is 0 Å². The number of hydrogen-bond acceptors (Lipinski definition) is 3. The molecule has 1 aliphatic heterocycles. The van der Waals surface area contributed by atoms with Crippen LogP contribution in [0.3, 0.4) is 0 Å². The highest BCUT2D eigenvalue weighted by atomic mass is 16.4. The van der Waals surface area contributed by atoms with Gasteiger partial charge >= 0.3 is 5.97 Å². The maximum Gasteiger partial charge on any atom is 0.328 e. The molecule has 17 heavy (non-hydrogen) atoms. The Bertz CT molecular complexity index is 314. The summed E-state index contributed by atoms with van der Waals surface area (Å²) in [5, 5.41) is 18.2. The number of carbonyl (C=O) groups excluding carboxylic acids is 1. The summed E-state index contributed by atoms with van der Waals surface area (Å²) in [6, 6.07) is 0. The minimum atomic E-state index is -1.12. The average Bonchev–Trinajstić information content (AvgIpc) is 2.29. The van der Waals surface area contributed by atoms with Crippen molar-refractivity contribution >= 4 is 11.9 Å². The van der Waals surface area contributed by atoms with E-state index in [9.17, 15) is 14.7 Å². The van der Waals surface area contributed by atoms with E-state index in [-0.39, 0.29) is 17.9 Å². The molecule has 96 valence electrons. The molecule has 1 aliphatic rings. The number of rotatable bonds is 4. The molecule has 1 heterocycles. The third-order valence-corrected chi connectivity index (χ3v) is 3.03. The number of carboxylic acid groups (broad SMARTS) is 1. The number of likely N-dealkylation sites (tertiary alicyclic amines) is 1. The molecule has 0 bridgehead atoms. The lowest BCUT2D eigenvalue weighted by Gasteiger charge is -2.35. The third-order valence-electron chi connectivity index (χ3n) is 3.03. The van der Waals surface area contributed by atoms with Gasteiger partial charge in [0.25, 0.3) is 0 Å². The molecule has 0 aromatic carbocycles. The zero-order valence-electron chi connectivity index (χ0n) is 10.0. The first-order valence-corrected chi connectivity index (χ1v) is 5.92. The van der Waals surface area contributed by atoms with Crippen LogP contribution in [0, 0.1) is 5.92 Å². The number of amides is 1. The molecule has 1 saturated heterocycles. The Morgan fingerprint density at radius 3 is 2.71 bits per heavy atom. The number of nitrogens with zero attached hydrogens (tertiary/aromatic N) is 1. The van der Waals surface area contributed by atoms with E-state index < -0.39 is 5.97 Å². The topological polar surface area (TPSA) is 77.8 Å². The van der Waals surface area contributed by atoms with Crippen molar-refractivity contribution in [2.45, 2.75) is 32.3 Å². The summed E-state index contributed by atoms with van der Waals surface area (Å²) in [7, 11) is 0. The minimum absolute atomic E-state index is 0.107. The number of carboxylic acids is 1. The van der Waals surface area contributed by atoms with Crippen molar-refractivity contribution in [3.8, 4) is 0 Å². The molecule has 2 unspecified atom stereocenters. The summed E-state index contributed by atoms with van der Waals surface area (Å²) in [5.74, 6) is -1.31. The molecular weight excluding hydrogens is 222 g/mol. The number of aliphatic carboxylic acids is 1. The maximum atomic E-state index is 11.7. The molecule has 0 spiro atoms. The van der Waals surface area contributed by atoms with Crippen LogP contribution in [0.15, 0.2) is 12.2 Å². The van der Waals surface area contributed by atoms with Crippen LogP contribution in [0.25, 0.3) is 0 Å². The first kappa shape index (κ1) is 13.7. The second-order valence-electron chi connectivity index (χ2n) is 4.36. The highest BCUT2D eigenvalue weighted by Crippen LogP contribution is 2.21. The first-order valence-electron chi connectivity index (χ1n) is 5.92. The summed E-state index contributed by atoms with van der Waals surface area (Å²) in [5.41, 5.74) is 0. The van der Waals surface area contributed by atoms with Gasteiger partial charge in [0.1, 0.15) is 0 Å². The van der Waals surface area contributed by atoms with Gasteiger partial charge < -0.3 is 15.1 Å². The van der Waals surface area contributed by atoms with Gasteiger partial charge in [0.2, 0.25) is 5.91 Å². The van der Waals surface area contributed by atoms with Crippen LogP contribution in [0.1, 0.15) is 26.2 Å². The lowest BCUT2D eigenvalue weighted by molar-refractivity contribution is -0.133. The Labute approximate surface area is 101 Å². The molecule has 2 atom stereocenters. The van der Waals surface area contributed by atoms with Crippen molar-refractivity contribution < 1.29 is 19.8 Å². The smallest absolute Gasteiger partial charge is 0.328 e. The molecule has 5 heteroatoms. The van der Waals surface area contributed by atoms with Crippen molar-refractivity contribution in [3.05, 3.63) is 12.2 Å². The lowest BCUT2D eigenvalue weighted by atomic mass is 9.91. The van der Waals surface area contributed by atoms with Gasteiger partial charge in [-0.25, -0.2) is 4.79 Å². The molecule has 1 fully saturated rings.